The summed E-state index contributed by atoms with van der Waals surface area (Å²) in [6, 6.07) is 16.0. The quantitative estimate of drug-likeness (QED) is 0.822. The van der Waals surface area contributed by atoms with Crippen LogP contribution in [-0.4, -0.2) is 23.7 Å². The first-order valence-corrected chi connectivity index (χ1v) is 9.30. The Labute approximate surface area is 157 Å². The first kappa shape index (κ1) is 17.5. The minimum absolute atomic E-state index is 0.0255. The lowest BCUT2D eigenvalue weighted by Crippen LogP contribution is -2.50. The van der Waals surface area contributed by atoms with Crippen molar-refractivity contribution < 1.29 is 19.1 Å². The number of amides is 1. The van der Waals surface area contributed by atoms with Crippen molar-refractivity contribution >= 4 is 23.3 Å². The van der Waals surface area contributed by atoms with Gasteiger partial charge in [-0.15, -0.1) is 0 Å². The fourth-order valence-corrected chi connectivity index (χ4v) is 4.08. The molecule has 138 valence electrons. The van der Waals surface area contributed by atoms with Crippen LogP contribution in [0.5, 0.6) is 0 Å². The Balaban J connectivity index is 1.64. The molecule has 2 aromatic rings. The summed E-state index contributed by atoms with van der Waals surface area (Å²) < 4.78 is 5.55. The van der Waals surface area contributed by atoms with Gasteiger partial charge in [-0.05, 0) is 30.5 Å². The predicted octanol–water partition coefficient (Wildman–Crippen LogP) is 4.15. The van der Waals surface area contributed by atoms with Crippen molar-refractivity contribution in [3.63, 3.8) is 0 Å². The first-order chi connectivity index (χ1) is 13.1. The van der Waals surface area contributed by atoms with E-state index >= 15 is 0 Å². The average molecular weight is 363 g/mol. The number of carbonyl (C=O) groups excluding carboxylic acids is 3. The van der Waals surface area contributed by atoms with Crippen LogP contribution in [0, 0.1) is 5.92 Å². The molecule has 2 aliphatic rings. The third-order valence-corrected chi connectivity index (χ3v) is 5.41. The van der Waals surface area contributed by atoms with Gasteiger partial charge in [-0.25, -0.2) is 4.79 Å². The lowest BCUT2D eigenvalue weighted by atomic mass is 9.85. The van der Waals surface area contributed by atoms with E-state index < -0.39 is 12.1 Å². The average Bonchev–Trinajstić information content (AvgIpc) is 3.12. The van der Waals surface area contributed by atoms with E-state index in [9.17, 15) is 14.4 Å². The summed E-state index contributed by atoms with van der Waals surface area (Å²) in [6.07, 6.45) is 1.69. The summed E-state index contributed by atoms with van der Waals surface area (Å²) >= 11 is 0. The number of nitrogens with zero attached hydrogens (tertiary/aromatic N) is 1. The second-order valence-corrected chi connectivity index (χ2v) is 7.09. The summed E-state index contributed by atoms with van der Waals surface area (Å²) in [7, 11) is 0. The molecule has 1 fully saturated rings. The highest BCUT2D eigenvalue weighted by Gasteiger charge is 2.44. The van der Waals surface area contributed by atoms with E-state index in [0.29, 0.717) is 24.1 Å². The summed E-state index contributed by atoms with van der Waals surface area (Å²) in [5.74, 6) is -0.193. The SMILES string of the molecule is O=C1CC(C2CCCC2=O)N(C(=O)OCc2ccccc2)c2ccccc21. The fraction of sp³-hybridized carbons (Fsp3) is 0.318. The topological polar surface area (TPSA) is 63.7 Å². The van der Waals surface area contributed by atoms with Crippen LogP contribution in [0.2, 0.25) is 0 Å². The molecule has 0 radical (unpaired) electrons. The lowest BCUT2D eigenvalue weighted by molar-refractivity contribution is -0.121. The maximum Gasteiger partial charge on any atom is 0.414 e. The van der Waals surface area contributed by atoms with Crippen LogP contribution < -0.4 is 4.90 Å². The first-order valence-electron chi connectivity index (χ1n) is 9.30. The van der Waals surface area contributed by atoms with Crippen LogP contribution in [0.15, 0.2) is 54.6 Å². The molecule has 2 aromatic carbocycles. The zero-order valence-corrected chi connectivity index (χ0v) is 15.0. The van der Waals surface area contributed by atoms with Gasteiger partial charge in [-0.3, -0.25) is 14.5 Å². The molecule has 1 amide bonds. The standard InChI is InChI=1S/C22H21NO4/c24-20-12-6-10-17(20)19-13-21(25)16-9-4-5-11-18(16)23(19)22(26)27-14-15-7-2-1-3-8-15/h1-5,7-9,11,17,19H,6,10,12-14H2. The van der Waals surface area contributed by atoms with Crippen LogP contribution in [0.25, 0.3) is 0 Å². The Morgan fingerprint density at radius 3 is 2.52 bits per heavy atom. The molecule has 0 N–H and O–H groups in total. The van der Waals surface area contributed by atoms with Gasteiger partial charge in [-0.1, -0.05) is 42.5 Å². The van der Waals surface area contributed by atoms with Crippen LogP contribution in [-0.2, 0) is 16.1 Å². The van der Waals surface area contributed by atoms with E-state index in [1.165, 1.54) is 4.90 Å². The van der Waals surface area contributed by atoms with E-state index in [-0.39, 0.29) is 30.5 Å². The van der Waals surface area contributed by atoms with Crippen molar-refractivity contribution in [2.45, 2.75) is 38.3 Å². The predicted molar refractivity (Wildman–Crippen MR) is 101 cm³/mol. The second kappa shape index (κ2) is 7.35. The van der Waals surface area contributed by atoms with E-state index in [2.05, 4.69) is 0 Å². The van der Waals surface area contributed by atoms with Gasteiger partial charge in [0.1, 0.15) is 12.4 Å². The van der Waals surface area contributed by atoms with Crippen molar-refractivity contribution in [2.24, 2.45) is 5.92 Å². The number of hydrogen-bond acceptors (Lipinski definition) is 4. The van der Waals surface area contributed by atoms with Gasteiger partial charge in [0.2, 0.25) is 0 Å². The molecule has 5 heteroatoms. The van der Waals surface area contributed by atoms with Crippen molar-refractivity contribution in [3.8, 4) is 0 Å². The lowest BCUT2D eigenvalue weighted by Gasteiger charge is -2.38. The number of ketones is 2. The molecule has 2 atom stereocenters. The third kappa shape index (κ3) is 3.37. The smallest absolute Gasteiger partial charge is 0.414 e. The fourth-order valence-electron chi connectivity index (χ4n) is 4.08. The van der Waals surface area contributed by atoms with Gasteiger partial charge in [0.05, 0.1) is 11.7 Å². The van der Waals surface area contributed by atoms with Gasteiger partial charge >= 0.3 is 6.09 Å². The van der Waals surface area contributed by atoms with Crippen molar-refractivity contribution in [2.75, 3.05) is 4.90 Å². The summed E-state index contributed by atoms with van der Waals surface area (Å²) in [5, 5.41) is 0. The molecule has 4 rings (SSSR count). The molecule has 1 aliphatic carbocycles. The van der Waals surface area contributed by atoms with Crippen LogP contribution in [0.4, 0.5) is 10.5 Å². The molecule has 1 aliphatic heterocycles. The third-order valence-electron chi connectivity index (χ3n) is 5.41. The summed E-state index contributed by atoms with van der Waals surface area (Å²) in [6.45, 7) is 0.150. The second-order valence-electron chi connectivity index (χ2n) is 7.09. The van der Waals surface area contributed by atoms with Crippen molar-refractivity contribution in [3.05, 3.63) is 65.7 Å². The maximum atomic E-state index is 13.0. The Hall–Kier alpha value is -2.95. The zero-order valence-electron chi connectivity index (χ0n) is 15.0. The number of hydrogen-bond donors (Lipinski definition) is 0. The van der Waals surface area contributed by atoms with Gasteiger partial charge in [-0.2, -0.15) is 0 Å². The Morgan fingerprint density at radius 1 is 1.04 bits per heavy atom. The number of carbonyl (C=O) groups is 3. The Kier molecular flexibility index (Phi) is 4.75. The molecular formula is C22H21NO4. The number of fused-ring (bicyclic) bond motifs is 1. The Bertz CT molecular complexity index is 877. The zero-order chi connectivity index (χ0) is 18.8. The molecule has 0 saturated heterocycles. The van der Waals surface area contributed by atoms with Crippen LogP contribution in [0.1, 0.15) is 41.6 Å². The molecular weight excluding hydrogens is 342 g/mol. The molecule has 1 heterocycles. The largest absolute Gasteiger partial charge is 0.444 e. The molecule has 0 aromatic heterocycles. The number of benzene rings is 2. The number of Topliss-reactive ketones (excluding diaryl/α,β-unsaturated/α-hetero) is 2. The maximum absolute atomic E-state index is 13.0. The van der Waals surface area contributed by atoms with Gasteiger partial charge in [0.25, 0.3) is 0 Å². The summed E-state index contributed by atoms with van der Waals surface area (Å²) in [4.78, 5) is 39.5. The molecule has 0 spiro atoms. The van der Waals surface area contributed by atoms with Gasteiger partial charge in [0, 0.05) is 24.3 Å². The van der Waals surface area contributed by atoms with Crippen LogP contribution in [0.3, 0.4) is 0 Å². The summed E-state index contributed by atoms with van der Waals surface area (Å²) in [5.41, 5.74) is 1.94. The minimum atomic E-state index is -0.511. The molecule has 2 unspecified atom stereocenters. The van der Waals surface area contributed by atoms with Gasteiger partial charge in [0.15, 0.2) is 5.78 Å². The van der Waals surface area contributed by atoms with E-state index in [1.807, 2.05) is 30.3 Å². The number of rotatable bonds is 3. The molecule has 5 nitrogen and oxygen atoms in total. The number of ether oxygens (including phenoxy) is 1. The van der Waals surface area contributed by atoms with Crippen LogP contribution >= 0.6 is 0 Å². The van der Waals surface area contributed by atoms with Crippen molar-refractivity contribution in [1.29, 1.82) is 0 Å². The highest BCUT2D eigenvalue weighted by atomic mass is 16.6. The van der Waals surface area contributed by atoms with E-state index in [4.69, 9.17) is 4.74 Å². The molecule has 1 saturated carbocycles. The highest BCUT2D eigenvalue weighted by molar-refractivity contribution is 6.09. The number of anilines is 1. The molecule has 0 bridgehead atoms. The highest BCUT2D eigenvalue weighted by Crippen LogP contribution is 2.38. The van der Waals surface area contributed by atoms with E-state index in [0.717, 1.165) is 12.0 Å². The Morgan fingerprint density at radius 2 is 1.78 bits per heavy atom. The van der Waals surface area contributed by atoms with Gasteiger partial charge < -0.3 is 4.74 Å². The normalized spacial score (nSPS) is 21.9. The monoisotopic (exact) mass is 363 g/mol. The molecule has 27 heavy (non-hydrogen) atoms. The van der Waals surface area contributed by atoms with Crippen molar-refractivity contribution in [1.82, 2.24) is 0 Å². The minimum Gasteiger partial charge on any atom is -0.444 e. The van der Waals surface area contributed by atoms with E-state index in [1.54, 1.807) is 24.3 Å². The number of para-hydroxylation sites is 1.